The van der Waals surface area contributed by atoms with Crippen molar-refractivity contribution in [2.75, 3.05) is 6.54 Å². The van der Waals surface area contributed by atoms with Crippen molar-refractivity contribution in [1.29, 1.82) is 0 Å². The number of hydrogen-bond acceptors (Lipinski definition) is 2. The standard InChI is InChI=1S/C28H29ClN2O2/c29-21-13-11-19(12-14-21)18-30-27(32)24-15-16-25(23-9-3-2-8-22(23)24)28(33)31-17-5-7-20-6-1-4-10-26(20)31/h2-3,8-9,11-16,20,26H,1,4-7,10,17-18H2,(H,30,32)/t20-,26-/m0/s1. The average Bonchev–Trinajstić information content (AvgIpc) is 2.87. The number of hydrogen-bond donors (Lipinski definition) is 1. The first-order valence-corrected chi connectivity index (χ1v) is 12.3. The Morgan fingerprint density at radius 1 is 0.848 bits per heavy atom. The normalized spacial score (nSPS) is 20.3. The lowest BCUT2D eigenvalue weighted by atomic mass is 9.78. The minimum absolute atomic E-state index is 0.107. The van der Waals surface area contributed by atoms with E-state index in [1.54, 1.807) is 6.07 Å². The molecule has 2 atom stereocenters. The van der Waals surface area contributed by atoms with Crippen molar-refractivity contribution in [3.8, 4) is 0 Å². The Morgan fingerprint density at radius 2 is 1.52 bits per heavy atom. The number of fused-ring (bicyclic) bond motifs is 2. The zero-order valence-electron chi connectivity index (χ0n) is 18.7. The highest BCUT2D eigenvalue weighted by atomic mass is 35.5. The number of piperidine rings is 1. The fraction of sp³-hybridized carbons (Fsp3) is 0.357. The summed E-state index contributed by atoms with van der Waals surface area (Å²) in [4.78, 5) is 28.9. The molecule has 0 spiro atoms. The molecule has 1 saturated carbocycles. The summed E-state index contributed by atoms with van der Waals surface area (Å²) < 4.78 is 0. The van der Waals surface area contributed by atoms with E-state index in [2.05, 4.69) is 10.2 Å². The van der Waals surface area contributed by atoms with E-state index < -0.39 is 0 Å². The number of likely N-dealkylation sites (tertiary alicyclic amines) is 1. The van der Waals surface area contributed by atoms with Crippen molar-refractivity contribution >= 4 is 34.2 Å². The van der Waals surface area contributed by atoms with Crippen LogP contribution in [0.1, 0.15) is 64.8 Å². The number of halogens is 1. The van der Waals surface area contributed by atoms with E-state index in [1.165, 1.54) is 25.7 Å². The monoisotopic (exact) mass is 460 g/mol. The summed E-state index contributed by atoms with van der Waals surface area (Å²) >= 11 is 5.95. The molecule has 2 amide bonds. The van der Waals surface area contributed by atoms with Crippen molar-refractivity contribution in [2.45, 2.75) is 51.1 Å². The fourth-order valence-electron chi connectivity index (χ4n) is 5.60. The predicted molar refractivity (Wildman–Crippen MR) is 133 cm³/mol. The van der Waals surface area contributed by atoms with Gasteiger partial charge in [-0.25, -0.2) is 0 Å². The minimum atomic E-state index is -0.148. The van der Waals surface area contributed by atoms with Gasteiger partial charge < -0.3 is 10.2 Å². The fourth-order valence-corrected chi connectivity index (χ4v) is 5.72. The van der Waals surface area contributed by atoms with Crippen LogP contribution < -0.4 is 5.32 Å². The SMILES string of the molecule is O=C(NCc1ccc(Cl)cc1)c1ccc(C(=O)N2CCC[C@@H]3CCCC[C@@H]32)c2ccccc12. The largest absolute Gasteiger partial charge is 0.348 e. The molecule has 4 nitrogen and oxygen atoms in total. The van der Waals surface area contributed by atoms with Gasteiger partial charge in [-0.2, -0.15) is 0 Å². The number of amides is 2. The summed E-state index contributed by atoms with van der Waals surface area (Å²) in [5.41, 5.74) is 2.27. The molecule has 0 bridgehead atoms. The molecule has 170 valence electrons. The van der Waals surface area contributed by atoms with Crippen LogP contribution in [0, 0.1) is 5.92 Å². The van der Waals surface area contributed by atoms with Crippen LogP contribution >= 0.6 is 11.6 Å². The van der Waals surface area contributed by atoms with Crippen molar-refractivity contribution in [1.82, 2.24) is 10.2 Å². The highest BCUT2D eigenvalue weighted by molar-refractivity contribution is 6.30. The molecule has 0 unspecified atom stereocenters. The third kappa shape index (κ3) is 4.49. The zero-order valence-corrected chi connectivity index (χ0v) is 19.5. The van der Waals surface area contributed by atoms with Gasteiger partial charge in [0.1, 0.15) is 0 Å². The van der Waals surface area contributed by atoms with E-state index in [9.17, 15) is 9.59 Å². The Balaban J connectivity index is 1.41. The maximum absolute atomic E-state index is 13.7. The summed E-state index contributed by atoms with van der Waals surface area (Å²) in [6, 6.07) is 19.2. The van der Waals surface area contributed by atoms with Crippen LogP contribution in [0.25, 0.3) is 10.8 Å². The van der Waals surface area contributed by atoms with E-state index in [0.29, 0.717) is 34.7 Å². The van der Waals surface area contributed by atoms with Gasteiger partial charge in [-0.1, -0.05) is 60.8 Å². The summed E-state index contributed by atoms with van der Waals surface area (Å²) in [7, 11) is 0. The van der Waals surface area contributed by atoms with Gasteiger partial charge in [0.25, 0.3) is 11.8 Å². The highest BCUT2D eigenvalue weighted by Crippen LogP contribution is 2.36. The van der Waals surface area contributed by atoms with Gasteiger partial charge in [-0.15, -0.1) is 0 Å². The smallest absolute Gasteiger partial charge is 0.254 e. The molecule has 1 N–H and O–H groups in total. The molecule has 1 saturated heterocycles. The van der Waals surface area contributed by atoms with E-state index in [1.807, 2.05) is 54.6 Å². The zero-order chi connectivity index (χ0) is 22.8. The lowest BCUT2D eigenvalue weighted by Gasteiger charge is -2.44. The highest BCUT2D eigenvalue weighted by Gasteiger charge is 2.36. The first-order valence-electron chi connectivity index (χ1n) is 12.0. The van der Waals surface area contributed by atoms with Gasteiger partial charge in [0.15, 0.2) is 0 Å². The molecule has 2 aliphatic rings. The lowest BCUT2D eigenvalue weighted by Crippen LogP contribution is -2.49. The van der Waals surface area contributed by atoms with Crippen LogP contribution in [0.2, 0.25) is 5.02 Å². The molecule has 2 fully saturated rings. The first kappa shape index (κ1) is 22.0. The third-order valence-corrected chi connectivity index (χ3v) is 7.52. The second-order valence-corrected chi connectivity index (χ2v) is 9.70. The van der Waals surface area contributed by atoms with Crippen molar-refractivity contribution in [3.05, 3.63) is 82.4 Å². The van der Waals surface area contributed by atoms with Crippen LogP contribution in [0.15, 0.2) is 60.7 Å². The molecular formula is C28H29ClN2O2. The molecule has 0 aromatic heterocycles. The van der Waals surface area contributed by atoms with Crippen LogP contribution in [-0.2, 0) is 6.54 Å². The molecule has 1 heterocycles. The second kappa shape index (κ2) is 9.56. The third-order valence-electron chi connectivity index (χ3n) is 7.27. The molecular weight excluding hydrogens is 432 g/mol. The van der Waals surface area contributed by atoms with Crippen LogP contribution in [0.5, 0.6) is 0 Å². The van der Waals surface area contributed by atoms with Crippen molar-refractivity contribution < 1.29 is 9.59 Å². The molecule has 5 heteroatoms. The molecule has 0 radical (unpaired) electrons. The molecule has 33 heavy (non-hydrogen) atoms. The Kier molecular flexibility index (Phi) is 6.37. The second-order valence-electron chi connectivity index (χ2n) is 9.27. The minimum Gasteiger partial charge on any atom is -0.348 e. The summed E-state index contributed by atoms with van der Waals surface area (Å²) in [5.74, 6) is 0.599. The maximum atomic E-state index is 13.7. The Morgan fingerprint density at radius 3 is 2.30 bits per heavy atom. The number of nitrogens with one attached hydrogen (secondary N) is 1. The summed E-state index contributed by atoms with van der Waals surface area (Å²) in [6.45, 7) is 1.25. The summed E-state index contributed by atoms with van der Waals surface area (Å²) in [5, 5.41) is 5.33. The number of carbonyl (C=O) groups is 2. The lowest BCUT2D eigenvalue weighted by molar-refractivity contribution is 0.0392. The van der Waals surface area contributed by atoms with Crippen LogP contribution in [0.3, 0.4) is 0 Å². The van der Waals surface area contributed by atoms with Gasteiger partial charge in [0.05, 0.1) is 0 Å². The van der Waals surface area contributed by atoms with Crippen LogP contribution in [-0.4, -0.2) is 29.3 Å². The van der Waals surface area contributed by atoms with E-state index in [0.717, 1.165) is 35.7 Å². The van der Waals surface area contributed by atoms with Gasteiger partial charge in [-0.05, 0) is 72.2 Å². The van der Waals surface area contributed by atoms with E-state index in [-0.39, 0.29) is 11.8 Å². The number of rotatable bonds is 4. The Labute approximate surface area is 199 Å². The van der Waals surface area contributed by atoms with Crippen LogP contribution in [0.4, 0.5) is 0 Å². The summed E-state index contributed by atoms with van der Waals surface area (Å²) in [6.07, 6.45) is 7.16. The van der Waals surface area contributed by atoms with Gasteiger partial charge in [0.2, 0.25) is 0 Å². The Bertz CT molecular complexity index is 1170. The molecule has 3 aromatic carbocycles. The van der Waals surface area contributed by atoms with E-state index >= 15 is 0 Å². The van der Waals surface area contributed by atoms with Crippen molar-refractivity contribution in [2.24, 2.45) is 5.92 Å². The first-order chi connectivity index (χ1) is 16.1. The molecule has 3 aromatic rings. The number of benzene rings is 3. The molecule has 1 aliphatic heterocycles. The Hall–Kier alpha value is -2.85. The average molecular weight is 461 g/mol. The maximum Gasteiger partial charge on any atom is 0.254 e. The molecule has 1 aliphatic carbocycles. The van der Waals surface area contributed by atoms with Crippen molar-refractivity contribution in [3.63, 3.8) is 0 Å². The predicted octanol–water partition coefficient (Wildman–Crippen LogP) is 6.22. The number of nitrogens with zero attached hydrogens (tertiary/aromatic N) is 1. The van der Waals surface area contributed by atoms with Gasteiger partial charge in [0, 0.05) is 35.3 Å². The van der Waals surface area contributed by atoms with Gasteiger partial charge >= 0.3 is 0 Å². The topological polar surface area (TPSA) is 49.4 Å². The van der Waals surface area contributed by atoms with E-state index in [4.69, 9.17) is 11.6 Å². The number of carbonyl (C=O) groups excluding carboxylic acids is 2. The molecule has 5 rings (SSSR count). The van der Waals surface area contributed by atoms with Gasteiger partial charge in [-0.3, -0.25) is 9.59 Å². The quantitative estimate of drug-likeness (QED) is 0.502.